The minimum atomic E-state index is -0.858. The van der Waals surface area contributed by atoms with Gasteiger partial charge in [-0.2, -0.15) is 0 Å². The summed E-state index contributed by atoms with van der Waals surface area (Å²) in [4.78, 5) is 15.8. The van der Waals surface area contributed by atoms with E-state index in [0.29, 0.717) is 0 Å². The smallest absolute Gasteiger partial charge is 0.323 e. The zero-order chi connectivity index (χ0) is 18.1. The minimum absolute atomic E-state index is 0.0706. The summed E-state index contributed by atoms with van der Waals surface area (Å²) < 4.78 is 1.75. The van der Waals surface area contributed by atoms with Crippen LogP contribution in [0.5, 0.6) is 0 Å². The molecule has 4 heteroatoms. The molecule has 4 nitrogen and oxygen atoms in total. The third kappa shape index (κ3) is 3.03. The van der Waals surface area contributed by atoms with Crippen molar-refractivity contribution in [3.63, 3.8) is 0 Å². The van der Waals surface area contributed by atoms with Crippen molar-refractivity contribution in [2.24, 2.45) is 0 Å². The van der Waals surface area contributed by atoms with Gasteiger partial charge in [-0.05, 0) is 55.4 Å². The molecule has 0 aliphatic heterocycles. The van der Waals surface area contributed by atoms with Crippen LogP contribution in [0.1, 0.15) is 37.1 Å². The highest BCUT2D eigenvalue weighted by atomic mass is 16.4. The lowest BCUT2D eigenvalue weighted by Crippen LogP contribution is -2.09. The minimum Gasteiger partial charge on any atom is -0.480 e. The summed E-state index contributed by atoms with van der Waals surface area (Å²) in [7, 11) is 0. The van der Waals surface area contributed by atoms with Gasteiger partial charge < -0.3 is 9.67 Å². The quantitative estimate of drug-likeness (QED) is 0.719. The molecule has 3 aromatic rings. The highest BCUT2D eigenvalue weighted by Gasteiger charge is 2.14. The van der Waals surface area contributed by atoms with Crippen molar-refractivity contribution < 1.29 is 9.90 Å². The normalized spacial score (nSPS) is 14.4. The van der Waals surface area contributed by atoms with Gasteiger partial charge in [0.1, 0.15) is 12.4 Å². The molecule has 0 saturated heterocycles. The second-order valence-electron chi connectivity index (χ2n) is 6.86. The number of nitrogens with zero attached hydrogens (tertiary/aromatic N) is 2. The Labute approximate surface area is 152 Å². The summed E-state index contributed by atoms with van der Waals surface area (Å²) in [5, 5.41) is 9.16. The first kappa shape index (κ1) is 16.6. The number of carboxylic acids is 1. The fourth-order valence-corrected chi connectivity index (χ4v) is 3.80. The summed E-state index contributed by atoms with van der Waals surface area (Å²) in [6, 6.07) is 14.6. The molecule has 0 saturated carbocycles. The molecule has 1 aromatic heterocycles. The van der Waals surface area contributed by atoms with Crippen LogP contribution in [0.2, 0.25) is 0 Å². The lowest BCUT2D eigenvalue weighted by atomic mass is 9.92. The molecule has 0 fully saturated rings. The van der Waals surface area contributed by atoms with Crippen molar-refractivity contribution in [1.29, 1.82) is 0 Å². The maximum Gasteiger partial charge on any atom is 0.323 e. The molecule has 0 radical (unpaired) electrons. The largest absolute Gasteiger partial charge is 0.480 e. The number of imidazole rings is 1. The third-order valence-electron chi connectivity index (χ3n) is 5.12. The molecule has 26 heavy (non-hydrogen) atoms. The van der Waals surface area contributed by atoms with Crippen LogP contribution in [-0.4, -0.2) is 20.6 Å². The molecule has 0 atom stereocenters. The zero-order valence-electron chi connectivity index (χ0n) is 14.9. The van der Waals surface area contributed by atoms with E-state index in [4.69, 9.17) is 5.11 Å². The van der Waals surface area contributed by atoms with Crippen molar-refractivity contribution in [2.75, 3.05) is 0 Å². The average molecular weight is 346 g/mol. The SMILES string of the molecule is Cc1nc2c(-c3ccc(C4=CCCCC4)cc3)cccc2n1CC(=O)O. The Balaban J connectivity index is 1.75. The second kappa shape index (κ2) is 6.79. The Morgan fingerprint density at radius 1 is 1.12 bits per heavy atom. The topological polar surface area (TPSA) is 55.1 Å². The first-order valence-electron chi connectivity index (χ1n) is 9.11. The zero-order valence-corrected chi connectivity index (χ0v) is 14.9. The standard InChI is InChI=1S/C22H22N2O2/c1-15-23-22-19(8-5-9-20(22)24(15)14-21(25)26)18-12-10-17(11-13-18)16-6-3-2-4-7-16/h5-6,8-13H,2-4,7,14H2,1H3,(H,25,26). The van der Waals surface area contributed by atoms with Crippen molar-refractivity contribution >= 4 is 22.6 Å². The van der Waals surface area contributed by atoms with E-state index in [1.54, 1.807) is 4.57 Å². The number of fused-ring (bicyclic) bond motifs is 1. The lowest BCUT2D eigenvalue weighted by molar-refractivity contribution is -0.137. The molecule has 0 bridgehead atoms. The van der Waals surface area contributed by atoms with Crippen LogP contribution in [-0.2, 0) is 11.3 Å². The fraction of sp³-hybridized carbons (Fsp3) is 0.273. The predicted molar refractivity (Wildman–Crippen MR) is 104 cm³/mol. The van der Waals surface area contributed by atoms with Gasteiger partial charge in [-0.1, -0.05) is 42.5 Å². The Kier molecular flexibility index (Phi) is 4.33. The molecule has 4 rings (SSSR count). The van der Waals surface area contributed by atoms with Gasteiger partial charge in [0.25, 0.3) is 0 Å². The molecular formula is C22H22N2O2. The van der Waals surface area contributed by atoms with E-state index in [-0.39, 0.29) is 6.54 Å². The number of allylic oxidation sites excluding steroid dienone is 2. The van der Waals surface area contributed by atoms with E-state index in [1.807, 2.05) is 19.1 Å². The van der Waals surface area contributed by atoms with Crippen LogP contribution in [0.25, 0.3) is 27.7 Å². The van der Waals surface area contributed by atoms with Gasteiger partial charge in [-0.15, -0.1) is 0 Å². The maximum absolute atomic E-state index is 11.2. The number of carboxylic acid groups (broad SMARTS) is 1. The van der Waals surface area contributed by atoms with E-state index < -0.39 is 5.97 Å². The first-order valence-corrected chi connectivity index (χ1v) is 9.11. The van der Waals surface area contributed by atoms with E-state index in [0.717, 1.165) is 34.4 Å². The number of aryl methyl sites for hydroxylation is 1. The number of hydrogen-bond acceptors (Lipinski definition) is 2. The molecule has 0 unspecified atom stereocenters. The van der Waals surface area contributed by atoms with Crippen LogP contribution in [0.4, 0.5) is 0 Å². The van der Waals surface area contributed by atoms with Gasteiger partial charge in [0, 0.05) is 5.56 Å². The molecular weight excluding hydrogens is 324 g/mol. The van der Waals surface area contributed by atoms with Crippen LogP contribution < -0.4 is 0 Å². The highest BCUT2D eigenvalue weighted by molar-refractivity contribution is 5.93. The Hall–Kier alpha value is -2.88. The van der Waals surface area contributed by atoms with E-state index in [2.05, 4.69) is 41.4 Å². The number of aromatic nitrogens is 2. The van der Waals surface area contributed by atoms with Gasteiger partial charge in [0.2, 0.25) is 0 Å². The number of benzene rings is 2. The van der Waals surface area contributed by atoms with Crippen LogP contribution in [0.3, 0.4) is 0 Å². The van der Waals surface area contributed by atoms with Gasteiger partial charge >= 0.3 is 5.97 Å². The fourth-order valence-electron chi connectivity index (χ4n) is 3.80. The summed E-state index contributed by atoms with van der Waals surface area (Å²) >= 11 is 0. The van der Waals surface area contributed by atoms with Crippen molar-refractivity contribution in [1.82, 2.24) is 9.55 Å². The van der Waals surface area contributed by atoms with Gasteiger partial charge in [0.15, 0.2) is 0 Å². The second-order valence-corrected chi connectivity index (χ2v) is 6.86. The van der Waals surface area contributed by atoms with Crippen molar-refractivity contribution in [2.45, 2.75) is 39.2 Å². The number of para-hydroxylation sites is 1. The number of carbonyl (C=O) groups is 1. The number of hydrogen-bond donors (Lipinski definition) is 1. The lowest BCUT2D eigenvalue weighted by Gasteiger charge is -2.13. The van der Waals surface area contributed by atoms with Crippen molar-refractivity contribution in [3.8, 4) is 11.1 Å². The predicted octanol–water partition coefficient (Wildman–Crippen LogP) is 5.05. The van der Waals surface area contributed by atoms with Crippen molar-refractivity contribution in [3.05, 3.63) is 59.9 Å². The molecule has 1 heterocycles. The monoisotopic (exact) mass is 346 g/mol. The van der Waals surface area contributed by atoms with Crippen LogP contribution >= 0.6 is 0 Å². The Bertz CT molecular complexity index is 997. The first-order chi connectivity index (χ1) is 12.6. The van der Waals surface area contributed by atoms with Gasteiger partial charge in [-0.3, -0.25) is 4.79 Å². The molecule has 1 N–H and O–H groups in total. The summed E-state index contributed by atoms with van der Waals surface area (Å²) in [6.45, 7) is 1.78. The third-order valence-corrected chi connectivity index (χ3v) is 5.12. The van der Waals surface area contributed by atoms with Crippen LogP contribution in [0.15, 0.2) is 48.5 Å². The van der Waals surface area contributed by atoms with E-state index in [9.17, 15) is 4.79 Å². The molecule has 0 spiro atoms. The number of rotatable bonds is 4. The summed E-state index contributed by atoms with van der Waals surface area (Å²) in [5.41, 5.74) is 6.61. The summed E-state index contributed by atoms with van der Waals surface area (Å²) in [6.07, 6.45) is 7.26. The molecule has 0 amide bonds. The van der Waals surface area contributed by atoms with E-state index in [1.165, 1.54) is 30.4 Å². The van der Waals surface area contributed by atoms with Gasteiger partial charge in [0.05, 0.1) is 11.0 Å². The van der Waals surface area contributed by atoms with E-state index >= 15 is 0 Å². The highest BCUT2D eigenvalue weighted by Crippen LogP contribution is 2.32. The average Bonchev–Trinajstić information content (AvgIpc) is 2.98. The van der Waals surface area contributed by atoms with Gasteiger partial charge in [-0.25, -0.2) is 4.98 Å². The maximum atomic E-state index is 11.2. The molecule has 1 aliphatic carbocycles. The molecule has 2 aromatic carbocycles. The summed E-state index contributed by atoms with van der Waals surface area (Å²) in [5.74, 6) is -0.137. The van der Waals surface area contributed by atoms with Crippen LogP contribution in [0, 0.1) is 6.92 Å². The molecule has 132 valence electrons. The Morgan fingerprint density at radius 2 is 1.88 bits per heavy atom. The number of aliphatic carboxylic acids is 1. The molecule has 1 aliphatic rings. The Morgan fingerprint density at radius 3 is 2.58 bits per heavy atom.